The van der Waals surface area contributed by atoms with Crippen molar-refractivity contribution >= 4 is 38.0 Å². The Kier molecular flexibility index (Phi) is 5.15. The number of nitrogens with zero attached hydrogens (tertiary/aromatic N) is 5. The van der Waals surface area contributed by atoms with Crippen LogP contribution in [-0.4, -0.2) is 47.5 Å². The third kappa shape index (κ3) is 3.37. The number of nitriles is 1. The average Bonchev–Trinajstić information content (AvgIpc) is 3.12. The first-order valence-electron chi connectivity index (χ1n) is 10.6. The largest absolute Gasteiger partial charge is 0.495 e. The third-order valence-corrected chi connectivity index (χ3v) is 7.85. The van der Waals surface area contributed by atoms with Crippen LogP contribution < -0.4 is 10.5 Å². The van der Waals surface area contributed by atoms with Gasteiger partial charge in [-0.1, -0.05) is 18.6 Å². The van der Waals surface area contributed by atoms with Crippen LogP contribution in [0.1, 0.15) is 24.8 Å². The highest BCUT2D eigenvalue weighted by molar-refractivity contribution is 7.89. The van der Waals surface area contributed by atoms with Crippen LogP contribution in [-0.2, 0) is 10.0 Å². The molecular formula is C23H22N6O3S. The number of aromatic nitrogens is 3. The van der Waals surface area contributed by atoms with Gasteiger partial charge in [0.15, 0.2) is 5.65 Å². The molecule has 2 aromatic carbocycles. The molecule has 1 aliphatic rings. The lowest BCUT2D eigenvalue weighted by Gasteiger charge is -2.26. The van der Waals surface area contributed by atoms with E-state index in [2.05, 4.69) is 11.1 Å². The van der Waals surface area contributed by atoms with Crippen molar-refractivity contribution in [3.8, 4) is 17.5 Å². The third-order valence-electron chi connectivity index (χ3n) is 5.95. The number of methoxy groups -OCH3 is 1. The maximum atomic E-state index is 13.3. The van der Waals surface area contributed by atoms with E-state index in [9.17, 15) is 13.7 Å². The number of rotatable bonds is 4. The Hall–Kier alpha value is -3.68. The maximum Gasteiger partial charge on any atom is 0.243 e. The number of benzene rings is 2. The smallest absolute Gasteiger partial charge is 0.243 e. The van der Waals surface area contributed by atoms with Crippen LogP contribution in [0.4, 0.5) is 5.82 Å². The summed E-state index contributed by atoms with van der Waals surface area (Å²) in [6.07, 6.45) is 2.70. The van der Waals surface area contributed by atoms with E-state index in [0.29, 0.717) is 46.7 Å². The molecule has 1 aliphatic heterocycles. The lowest BCUT2D eigenvalue weighted by Crippen LogP contribution is -2.35. The number of piperidine rings is 1. The van der Waals surface area contributed by atoms with Crippen molar-refractivity contribution in [2.24, 2.45) is 0 Å². The normalized spacial score (nSPS) is 15.0. The molecule has 2 aromatic heterocycles. The molecular weight excluding hydrogens is 440 g/mol. The topological polar surface area (TPSA) is 127 Å². The Labute approximate surface area is 191 Å². The molecule has 9 nitrogen and oxygen atoms in total. The summed E-state index contributed by atoms with van der Waals surface area (Å²) in [6, 6.07) is 14.1. The number of hydrogen-bond acceptors (Lipinski definition) is 7. The first-order valence-corrected chi connectivity index (χ1v) is 12.0. The van der Waals surface area contributed by atoms with Crippen LogP contribution in [0.25, 0.3) is 27.9 Å². The van der Waals surface area contributed by atoms with Crippen molar-refractivity contribution in [3.05, 3.63) is 48.0 Å². The fraction of sp³-hybridized carbons (Fsp3) is 0.261. The molecule has 1 fully saturated rings. The van der Waals surface area contributed by atoms with Gasteiger partial charge in [0.25, 0.3) is 0 Å². The van der Waals surface area contributed by atoms with Crippen LogP contribution in [0.15, 0.2) is 47.4 Å². The van der Waals surface area contributed by atoms with E-state index in [1.165, 1.54) is 23.5 Å². The zero-order chi connectivity index (χ0) is 23.2. The zero-order valence-electron chi connectivity index (χ0n) is 18.0. The number of ether oxygens (including phenoxy) is 1. The standard InChI is InChI=1S/C23H22N6O3S/c1-32-20-10-9-15(33(30,31)28-11-5-2-6-12-28)13-19(20)29-22(25)16(14-24)21-23(29)27-18-8-4-3-7-17(18)26-21/h3-4,7-10,13H,2,5-6,11-12,25H2,1H3. The number of hydrogen-bond donors (Lipinski definition) is 1. The van der Waals surface area contributed by atoms with Gasteiger partial charge in [-0.05, 0) is 43.2 Å². The van der Waals surface area contributed by atoms with E-state index >= 15 is 0 Å². The summed E-state index contributed by atoms with van der Waals surface area (Å²) in [6.45, 7) is 0.989. The van der Waals surface area contributed by atoms with Crippen LogP contribution in [0.3, 0.4) is 0 Å². The minimum Gasteiger partial charge on any atom is -0.495 e. The van der Waals surface area contributed by atoms with Gasteiger partial charge in [-0.15, -0.1) is 0 Å². The Morgan fingerprint density at radius 2 is 1.76 bits per heavy atom. The second kappa shape index (κ2) is 8.03. The number of para-hydroxylation sites is 2. The molecule has 0 atom stereocenters. The van der Waals surface area contributed by atoms with Gasteiger partial charge in [0, 0.05) is 13.1 Å². The van der Waals surface area contributed by atoms with Gasteiger partial charge in [-0.2, -0.15) is 9.57 Å². The van der Waals surface area contributed by atoms with Crippen molar-refractivity contribution < 1.29 is 13.2 Å². The lowest BCUT2D eigenvalue weighted by atomic mass is 10.2. The Morgan fingerprint density at radius 3 is 2.42 bits per heavy atom. The van der Waals surface area contributed by atoms with E-state index in [-0.39, 0.29) is 16.3 Å². The summed E-state index contributed by atoms with van der Waals surface area (Å²) in [5.41, 5.74) is 8.91. The molecule has 0 spiro atoms. The minimum atomic E-state index is -3.69. The molecule has 5 rings (SSSR count). The van der Waals surface area contributed by atoms with Crippen molar-refractivity contribution in [2.45, 2.75) is 24.2 Å². The van der Waals surface area contributed by atoms with Crippen LogP contribution in [0, 0.1) is 11.3 Å². The Morgan fingerprint density at radius 1 is 1.06 bits per heavy atom. The first-order chi connectivity index (χ1) is 16.0. The predicted molar refractivity (Wildman–Crippen MR) is 125 cm³/mol. The first kappa shape index (κ1) is 21.2. The van der Waals surface area contributed by atoms with Crippen molar-refractivity contribution in [1.29, 1.82) is 5.26 Å². The van der Waals surface area contributed by atoms with Gasteiger partial charge in [-0.25, -0.2) is 18.4 Å². The molecule has 168 valence electrons. The Bertz CT molecular complexity index is 1530. The fourth-order valence-electron chi connectivity index (χ4n) is 4.27. The van der Waals surface area contributed by atoms with E-state index < -0.39 is 10.0 Å². The van der Waals surface area contributed by atoms with Gasteiger partial charge in [0.1, 0.15) is 28.7 Å². The van der Waals surface area contributed by atoms with Crippen LogP contribution >= 0.6 is 0 Å². The summed E-state index contributed by atoms with van der Waals surface area (Å²) in [4.78, 5) is 9.43. The number of nitrogen functional groups attached to an aromatic ring is 1. The molecule has 1 saturated heterocycles. The number of nitrogens with two attached hydrogens (primary N) is 1. The van der Waals surface area contributed by atoms with E-state index in [0.717, 1.165) is 19.3 Å². The van der Waals surface area contributed by atoms with Crippen LogP contribution in [0.2, 0.25) is 0 Å². The molecule has 0 aliphatic carbocycles. The number of anilines is 1. The molecule has 2 N–H and O–H groups in total. The lowest BCUT2D eigenvalue weighted by molar-refractivity contribution is 0.346. The van der Waals surface area contributed by atoms with E-state index in [1.54, 1.807) is 10.6 Å². The van der Waals surface area contributed by atoms with Gasteiger partial charge in [0.05, 0.1) is 28.7 Å². The molecule has 0 amide bonds. The number of fused-ring (bicyclic) bond motifs is 2. The molecule has 0 bridgehead atoms. The highest BCUT2D eigenvalue weighted by Crippen LogP contribution is 2.36. The van der Waals surface area contributed by atoms with Crippen molar-refractivity contribution in [2.75, 3.05) is 25.9 Å². The maximum absolute atomic E-state index is 13.3. The highest BCUT2D eigenvalue weighted by atomic mass is 32.2. The molecule has 4 aromatic rings. The predicted octanol–water partition coefficient (Wildman–Crippen LogP) is 3.21. The molecule has 0 unspecified atom stereocenters. The summed E-state index contributed by atoms with van der Waals surface area (Å²) < 4.78 is 35.2. The highest BCUT2D eigenvalue weighted by Gasteiger charge is 2.28. The average molecular weight is 463 g/mol. The second-order valence-electron chi connectivity index (χ2n) is 7.89. The quantitative estimate of drug-likeness (QED) is 0.493. The fourth-order valence-corrected chi connectivity index (χ4v) is 5.81. The molecule has 0 saturated carbocycles. The van der Waals surface area contributed by atoms with Crippen molar-refractivity contribution in [1.82, 2.24) is 18.8 Å². The van der Waals surface area contributed by atoms with E-state index in [4.69, 9.17) is 15.5 Å². The summed E-state index contributed by atoms with van der Waals surface area (Å²) >= 11 is 0. The Balaban J connectivity index is 1.77. The molecule has 33 heavy (non-hydrogen) atoms. The summed E-state index contributed by atoms with van der Waals surface area (Å²) in [7, 11) is -2.20. The summed E-state index contributed by atoms with van der Waals surface area (Å²) in [5, 5.41) is 9.78. The van der Waals surface area contributed by atoms with Gasteiger partial charge in [-0.3, -0.25) is 4.57 Å². The zero-order valence-corrected chi connectivity index (χ0v) is 18.8. The number of sulfonamides is 1. The second-order valence-corrected chi connectivity index (χ2v) is 9.83. The molecule has 0 radical (unpaired) electrons. The van der Waals surface area contributed by atoms with Crippen LogP contribution in [0.5, 0.6) is 5.75 Å². The molecule has 3 heterocycles. The van der Waals surface area contributed by atoms with Gasteiger partial charge >= 0.3 is 0 Å². The van der Waals surface area contributed by atoms with Crippen molar-refractivity contribution in [3.63, 3.8) is 0 Å². The molecule has 10 heteroatoms. The van der Waals surface area contributed by atoms with E-state index in [1.807, 2.05) is 24.3 Å². The SMILES string of the molecule is COc1ccc(S(=O)(=O)N2CCCCC2)cc1-n1c(N)c(C#N)c2nc3ccccc3nc21. The van der Waals surface area contributed by atoms with Gasteiger partial charge < -0.3 is 10.5 Å². The summed E-state index contributed by atoms with van der Waals surface area (Å²) in [5.74, 6) is 0.518. The van der Waals surface area contributed by atoms with Gasteiger partial charge in [0.2, 0.25) is 10.0 Å². The monoisotopic (exact) mass is 462 g/mol. The minimum absolute atomic E-state index is 0.119.